The van der Waals surface area contributed by atoms with Gasteiger partial charge in [-0.25, -0.2) is 0 Å². The molecule has 29 heavy (non-hydrogen) atoms. The van der Waals surface area contributed by atoms with Gasteiger partial charge in [-0.1, -0.05) is 12.1 Å². The number of amides is 2. The van der Waals surface area contributed by atoms with E-state index in [-0.39, 0.29) is 16.9 Å². The molecule has 9 heteroatoms. The zero-order valence-electron chi connectivity index (χ0n) is 16.3. The molecule has 0 aromatic heterocycles. The Morgan fingerprint density at radius 3 is 2.52 bits per heavy atom. The topological polar surface area (TPSA) is 79.9 Å². The molecule has 0 fully saturated rings. The number of thiocarbonyl (C=S) groups is 1. The average Bonchev–Trinajstić information content (AvgIpc) is 2.69. The summed E-state index contributed by atoms with van der Waals surface area (Å²) in [5.74, 6) is 0.0497. The number of rotatable bonds is 7. The van der Waals surface area contributed by atoms with Crippen molar-refractivity contribution in [2.24, 2.45) is 0 Å². The van der Waals surface area contributed by atoms with E-state index in [1.807, 2.05) is 0 Å². The molecule has 0 saturated heterocycles. The highest BCUT2D eigenvalue weighted by atomic mass is 79.9. The number of hydrogen-bond acceptors (Lipinski definition) is 5. The van der Waals surface area contributed by atoms with Crippen LogP contribution >= 0.6 is 28.1 Å². The van der Waals surface area contributed by atoms with Crippen molar-refractivity contribution in [2.75, 3.05) is 39.7 Å². The number of methoxy groups -OCH3 is 1. The number of carbonyl (C=O) groups excluding carboxylic acids is 2. The summed E-state index contributed by atoms with van der Waals surface area (Å²) in [4.78, 5) is 26.3. The summed E-state index contributed by atoms with van der Waals surface area (Å²) in [7, 11) is 4.93. The van der Waals surface area contributed by atoms with Crippen molar-refractivity contribution in [3.05, 3.63) is 58.1 Å². The van der Waals surface area contributed by atoms with Gasteiger partial charge in [-0.15, -0.1) is 0 Å². The molecule has 7 nitrogen and oxygen atoms in total. The molecule has 0 spiro atoms. The van der Waals surface area contributed by atoms with Crippen LogP contribution in [0.3, 0.4) is 0 Å². The predicted octanol–water partition coefficient (Wildman–Crippen LogP) is 3.30. The van der Waals surface area contributed by atoms with Crippen molar-refractivity contribution < 1.29 is 19.1 Å². The molecule has 0 atom stereocenters. The Labute approximate surface area is 183 Å². The zero-order valence-corrected chi connectivity index (χ0v) is 18.7. The van der Waals surface area contributed by atoms with Gasteiger partial charge in [0.1, 0.15) is 12.4 Å². The lowest BCUT2D eigenvalue weighted by Crippen LogP contribution is -2.35. The lowest BCUT2D eigenvalue weighted by Gasteiger charge is -2.16. The minimum absolute atomic E-state index is 0.0885. The fourth-order valence-electron chi connectivity index (χ4n) is 2.34. The van der Waals surface area contributed by atoms with Crippen LogP contribution in [0.1, 0.15) is 20.7 Å². The molecule has 0 bridgehead atoms. The second-order valence-corrected chi connectivity index (χ2v) is 7.40. The summed E-state index contributed by atoms with van der Waals surface area (Å²) in [5, 5.41) is 5.61. The van der Waals surface area contributed by atoms with Crippen LogP contribution in [0, 0.1) is 0 Å². The molecule has 154 valence electrons. The third kappa shape index (κ3) is 6.52. The molecular formula is C20H22BrN3O4S. The van der Waals surface area contributed by atoms with Crippen LogP contribution in [0.15, 0.2) is 46.9 Å². The molecule has 0 aliphatic heterocycles. The average molecular weight is 480 g/mol. The third-order valence-corrected chi connectivity index (χ3v) is 4.60. The van der Waals surface area contributed by atoms with Crippen molar-refractivity contribution in [2.45, 2.75) is 0 Å². The number of carbonyl (C=O) groups is 2. The first-order valence-electron chi connectivity index (χ1n) is 8.67. The van der Waals surface area contributed by atoms with E-state index in [4.69, 9.17) is 21.7 Å². The van der Waals surface area contributed by atoms with Crippen molar-refractivity contribution in [1.82, 2.24) is 10.2 Å². The van der Waals surface area contributed by atoms with Gasteiger partial charge >= 0.3 is 0 Å². The standard InChI is InChI=1S/C20H22BrN3O4S/c1-24(2)19(26)14-6-4-5-7-16(14)22-20(29)23-18(25)13-8-9-17(15(21)12-13)28-11-10-27-3/h4-9,12H,10-11H2,1-3H3,(H2,22,23,25,29). The smallest absolute Gasteiger partial charge is 0.257 e. The molecule has 2 amide bonds. The maximum Gasteiger partial charge on any atom is 0.257 e. The monoisotopic (exact) mass is 479 g/mol. The van der Waals surface area contributed by atoms with Gasteiger partial charge in [0.2, 0.25) is 0 Å². The van der Waals surface area contributed by atoms with E-state index in [9.17, 15) is 9.59 Å². The summed E-state index contributed by atoms with van der Waals surface area (Å²) < 4.78 is 11.1. The van der Waals surface area contributed by atoms with Crippen LogP contribution in [0.5, 0.6) is 5.75 Å². The number of anilines is 1. The molecule has 2 aromatic rings. The summed E-state index contributed by atoms with van der Waals surface area (Å²) in [6.45, 7) is 0.867. The Morgan fingerprint density at radius 1 is 1.14 bits per heavy atom. The first kappa shape index (κ1) is 22.8. The molecule has 0 aliphatic carbocycles. The van der Waals surface area contributed by atoms with Gasteiger partial charge in [-0.05, 0) is 58.5 Å². The van der Waals surface area contributed by atoms with Gasteiger partial charge < -0.3 is 19.7 Å². The number of hydrogen-bond donors (Lipinski definition) is 2. The maximum atomic E-state index is 12.5. The van der Waals surface area contributed by atoms with Crippen molar-refractivity contribution in [3.8, 4) is 5.75 Å². The maximum absolute atomic E-state index is 12.5. The summed E-state index contributed by atoms with van der Waals surface area (Å²) in [6, 6.07) is 11.9. The molecule has 0 heterocycles. The highest BCUT2D eigenvalue weighted by Gasteiger charge is 2.15. The lowest BCUT2D eigenvalue weighted by atomic mass is 10.1. The lowest BCUT2D eigenvalue weighted by molar-refractivity contribution is 0.0828. The minimum atomic E-state index is -0.386. The molecule has 2 N–H and O–H groups in total. The van der Waals surface area contributed by atoms with Gasteiger partial charge in [0, 0.05) is 26.8 Å². The van der Waals surface area contributed by atoms with Crippen LogP contribution in [0.25, 0.3) is 0 Å². The summed E-state index contributed by atoms with van der Waals surface area (Å²) in [6.07, 6.45) is 0. The Morgan fingerprint density at radius 2 is 1.86 bits per heavy atom. The molecule has 0 unspecified atom stereocenters. The fourth-order valence-corrected chi connectivity index (χ4v) is 3.04. The Kier molecular flexibility index (Phi) is 8.56. The van der Waals surface area contributed by atoms with Crippen molar-refractivity contribution >= 4 is 50.8 Å². The molecule has 0 saturated carbocycles. The largest absolute Gasteiger partial charge is 0.490 e. The Balaban J connectivity index is 2.04. The predicted molar refractivity (Wildman–Crippen MR) is 120 cm³/mol. The number of benzene rings is 2. The van der Waals surface area contributed by atoms with E-state index in [1.165, 1.54) is 4.90 Å². The zero-order chi connectivity index (χ0) is 21.4. The second kappa shape index (κ2) is 10.9. The van der Waals surface area contributed by atoms with Crippen LogP contribution in [-0.2, 0) is 4.74 Å². The van der Waals surface area contributed by atoms with Gasteiger partial charge in [-0.2, -0.15) is 0 Å². The quantitative estimate of drug-likeness (QED) is 0.468. The van der Waals surface area contributed by atoms with Crippen LogP contribution in [0.4, 0.5) is 5.69 Å². The van der Waals surface area contributed by atoms with Crippen LogP contribution < -0.4 is 15.4 Å². The highest BCUT2D eigenvalue weighted by molar-refractivity contribution is 9.10. The summed E-state index contributed by atoms with van der Waals surface area (Å²) in [5.41, 5.74) is 1.37. The third-order valence-electron chi connectivity index (χ3n) is 3.78. The first-order chi connectivity index (χ1) is 13.8. The number of nitrogens with one attached hydrogen (secondary N) is 2. The minimum Gasteiger partial charge on any atom is -0.490 e. The van der Waals surface area contributed by atoms with E-state index in [0.717, 1.165) is 0 Å². The van der Waals surface area contributed by atoms with E-state index < -0.39 is 0 Å². The van der Waals surface area contributed by atoms with Crippen LogP contribution in [0.2, 0.25) is 0 Å². The van der Waals surface area contributed by atoms with E-state index in [1.54, 1.807) is 63.7 Å². The molecule has 2 aromatic carbocycles. The summed E-state index contributed by atoms with van der Waals surface area (Å²) >= 11 is 8.63. The van der Waals surface area contributed by atoms with Gasteiger partial charge in [0.15, 0.2) is 5.11 Å². The van der Waals surface area contributed by atoms with E-state index in [0.29, 0.717) is 40.3 Å². The van der Waals surface area contributed by atoms with Gasteiger partial charge in [0.25, 0.3) is 11.8 Å². The normalized spacial score (nSPS) is 10.2. The molecule has 0 radical (unpaired) electrons. The van der Waals surface area contributed by atoms with Gasteiger partial charge in [-0.3, -0.25) is 14.9 Å². The van der Waals surface area contributed by atoms with Crippen molar-refractivity contribution in [1.29, 1.82) is 0 Å². The molecule has 2 rings (SSSR count). The number of ether oxygens (including phenoxy) is 2. The fraction of sp³-hybridized carbons (Fsp3) is 0.250. The number of halogens is 1. The highest BCUT2D eigenvalue weighted by Crippen LogP contribution is 2.26. The Bertz CT molecular complexity index is 905. The molecule has 0 aliphatic rings. The van der Waals surface area contributed by atoms with E-state index in [2.05, 4.69) is 26.6 Å². The molecular weight excluding hydrogens is 458 g/mol. The van der Waals surface area contributed by atoms with Crippen LogP contribution in [-0.4, -0.2) is 56.2 Å². The number of para-hydroxylation sites is 1. The SMILES string of the molecule is COCCOc1ccc(C(=O)NC(=S)Nc2ccccc2C(=O)N(C)C)cc1Br. The van der Waals surface area contributed by atoms with Crippen molar-refractivity contribution in [3.63, 3.8) is 0 Å². The Hall–Kier alpha value is -2.49. The first-order valence-corrected chi connectivity index (χ1v) is 9.88. The second-order valence-electron chi connectivity index (χ2n) is 6.14. The van der Waals surface area contributed by atoms with E-state index >= 15 is 0 Å². The number of nitrogens with zero attached hydrogens (tertiary/aromatic N) is 1. The van der Waals surface area contributed by atoms with Gasteiger partial charge in [0.05, 0.1) is 22.3 Å².